The Balaban J connectivity index is 2.06. The second-order valence-corrected chi connectivity index (χ2v) is 9.09. The Bertz CT molecular complexity index is 1250. The lowest BCUT2D eigenvalue weighted by molar-refractivity contribution is -0.117. The van der Waals surface area contributed by atoms with Gasteiger partial charge in [-0.1, -0.05) is 29.3 Å². The van der Waals surface area contributed by atoms with Gasteiger partial charge in [-0.3, -0.25) is 15.0 Å². The quantitative estimate of drug-likeness (QED) is 0.206. The minimum atomic E-state index is -0.486. The van der Waals surface area contributed by atoms with Gasteiger partial charge < -0.3 is 14.7 Å². The molecule has 1 N–H and O–H groups in total. The van der Waals surface area contributed by atoms with Crippen LogP contribution in [0.5, 0.6) is 0 Å². The number of carbonyl (C=O) groups is 2. The molecule has 3 rings (SSSR count). The van der Waals surface area contributed by atoms with Gasteiger partial charge in [-0.25, -0.2) is 9.97 Å². The number of ketones is 1. The summed E-state index contributed by atoms with van der Waals surface area (Å²) in [7, 11) is 7.32. The molecule has 2 aromatic carbocycles. The molecule has 0 aliphatic rings. The molecule has 1 heterocycles. The van der Waals surface area contributed by atoms with Gasteiger partial charge in [0.25, 0.3) is 0 Å². The summed E-state index contributed by atoms with van der Waals surface area (Å²) in [5.74, 6) is -0.662. The van der Waals surface area contributed by atoms with Crippen LogP contribution in [0.1, 0.15) is 28.2 Å². The Kier molecular flexibility index (Phi) is 8.43. The number of amides is 1. The molecule has 0 saturated heterocycles. The molecule has 0 saturated carbocycles. The van der Waals surface area contributed by atoms with Crippen molar-refractivity contribution < 1.29 is 9.59 Å². The zero-order valence-corrected chi connectivity index (χ0v) is 21.4. The molecule has 8 nitrogen and oxygen atoms in total. The number of benzene rings is 2. The lowest BCUT2D eigenvalue weighted by Crippen LogP contribution is -2.33. The van der Waals surface area contributed by atoms with Crippen molar-refractivity contribution in [2.45, 2.75) is 13.0 Å². The fourth-order valence-corrected chi connectivity index (χ4v) is 3.62. The van der Waals surface area contributed by atoms with Crippen LogP contribution in [0.25, 0.3) is 0 Å². The predicted octanol–water partition coefficient (Wildman–Crippen LogP) is 4.54. The summed E-state index contributed by atoms with van der Waals surface area (Å²) in [6.07, 6.45) is 2.49. The van der Waals surface area contributed by atoms with Gasteiger partial charge in [0.15, 0.2) is 5.82 Å². The number of anilines is 2. The average Bonchev–Trinajstić information content (AvgIpc) is 2.84. The summed E-state index contributed by atoms with van der Waals surface area (Å²) in [4.78, 5) is 39.2. The largest absolute Gasteiger partial charge is 0.378 e. The van der Waals surface area contributed by atoms with E-state index in [4.69, 9.17) is 28.6 Å². The first-order chi connectivity index (χ1) is 16.6. The van der Waals surface area contributed by atoms with Crippen molar-refractivity contribution in [2.24, 2.45) is 0 Å². The topological polar surface area (TPSA) is 93.5 Å². The van der Waals surface area contributed by atoms with E-state index in [-0.39, 0.29) is 18.2 Å². The molecule has 0 bridgehead atoms. The third kappa shape index (κ3) is 6.55. The van der Waals surface area contributed by atoms with Crippen molar-refractivity contribution >= 4 is 52.1 Å². The van der Waals surface area contributed by atoms with E-state index in [1.54, 1.807) is 49.3 Å². The summed E-state index contributed by atoms with van der Waals surface area (Å²) in [6, 6.07) is 12.2. The summed E-state index contributed by atoms with van der Waals surface area (Å²) < 4.78 is 0. The molecule has 0 radical (unpaired) electrons. The van der Waals surface area contributed by atoms with Gasteiger partial charge in [-0.2, -0.15) is 0 Å². The molecule has 0 spiro atoms. The van der Waals surface area contributed by atoms with E-state index >= 15 is 0 Å². The number of hydrogen-bond donors (Lipinski definition) is 1. The van der Waals surface area contributed by atoms with Gasteiger partial charge in [-0.15, -0.1) is 0 Å². The Morgan fingerprint density at radius 2 is 1.57 bits per heavy atom. The number of amidine groups is 1. The van der Waals surface area contributed by atoms with E-state index in [9.17, 15) is 9.59 Å². The summed E-state index contributed by atoms with van der Waals surface area (Å²) in [6.45, 7) is 0.143. The van der Waals surface area contributed by atoms with Gasteiger partial charge >= 0.3 is 0 Å². The molecular formula is C25H26Cl2N6O2. The van der Waals surface area contributed by atoms with Crippen molar-refractivity contribution in [3.8, 4) is 0 Å². The molecule has 182 valence electrons. The van der Waals surface area contributed by atoms with Crippen LogP contribution in [0.2, 0.25) is 10.0 Å². The number of nitrogens with one attached hydrogen (secondary N) is 1. The third-order valence-corrected chi connectivity index (χ3v) is 5.94. The number of rotatable bonds is 8. The maximum atomic E-state index is 13.5. The van der Waals surface area contributed by atoms with Crippen molar-refractivity contribution in [1.82, 2.24) is 14.9 Å². The predicted molar refractivity (Wildman–Crippen MR) is 140 cm³/mol. The normalized spacial score (nSPS) is 10.6. The van der Waals surface area contributed by atoms with Crippen LogP contribution in [0.15, 0.2) is 54.9 Å². The lowest BCUT2D eigenvalue weighted by atomic mass is 10.1. The molecule has 0 fully saturated rings. The highest BCUT2D eigenvalue weighted by Gasteiger charge is 2.23. The van der Waals surface area contributed by atoms with Gasteiger partial charge in [-0.05, 0) is 42.0 Å². The molecular weight excluding hydrogens is 487 g/mol. The van der Waals surface area contributed by atoms with Gasteiger partial charge in [0.2, 0.25) is 11.7 Å². The van der Waals surface area contributed by atoms with Crippen LogP contribution in [0.4, 0.5) is 11.4 Å². The van der Waals surface area contributed by atoms with E-state index in [2.05, 4.69) is 9.97 Å². The van der Waals surface area contributed by atoms with Crippen LogP contribution >= 0.6 is 23.2 Å². The van der Waals surface area contributed by atoms with E-state index < -0.39 is 18.1 Å². The summed E-state index contributed by atoms with van der Waals surface area (Å²) in [5.41, 5.74) is 2.70. The SMILES string of the molecule is CN(C)C(=N)c1cc(N(C)C)cc(N(Cc2ccc(Cl)c(Cl)c2)C(=O)CC(=O)c2ncccn2)c1. The smallest absolute Gasteiger partial charge is 0.235 e. The Morgan fingerprint density at radius 1 is 0.914 bits per heavy atom. The van der Waals surface area contributed by atoms with Gasteiger partial charge in [0, 0.05) is 57.5 Å². The second-order valence-electron chi connectivity index (χ2n) is 8.28. The third-order valence-electron chi connectivity index (χ3n) is 5.20. The highest BCUT2D eigenvalue weighted by Crippen LogP contribution is 2.29. The van der Waals surface area contributed by atoms with Crippen molar-refractivity contribution in [3.05, 3.63) is 81.9 Å². The fraction of sp³-hybridized carbons (Fsp3) is 0.240. The Hall–Kier alpha value is -3.49. The minimum Gasteiger partial charge on any atom is -0.378 e. The maximum absolute atomic E-state index is 13.5. The fourth-order valence-electron chi connectivity index (χ4n) is 3.30. The summed E-state index contributed by atoms with van der Waals surface area (Å²) in [5, 5.41) is 9.23. The number of nitrogens with zero attached hydrogens (tertiary/aromatic N) is 5. The first-order valence-corrected chi connectivity index (χ1v) is 11.5. The van der Waals surface area contributed by atoms with Crippen LogP contribution in [-0.2, 0) is 11.3 Å². The van der Waals surface area contributed by atoms with Gasteiger partial charge in [0.05, 0.1) is 23.0 Å². The lowest BCUT2D eigenvalue weighted by Gasteiger charge is -2.26. The van der Waals surface area contributed by atoms with E-state index in [0.717, 1.165) is 11.3 Å². The average molecular weight is 513 g/mol. The highest BCUT2D eigenvalue weighted by atomic mass is 35.5. The minimum absolute atomic E-state index is 0.0209. The number of halogens is 2. The number of carbonyl (C=O) groups excluding carboxylic acids is 2. The van der Waals surface area contributed by atoms with E-state index in [0.29, 0.717) is 21.3 Å². The number of hydrogen-bond acceptors (Lipinski definition) is 6. The van der Waals surface area contributed by atoms with Crippen molar-refractivity contribution in [3.63, 3.8) is 0 Å². The molecule has 0 aliphatic carbocycles. The molecule has 3 aromatic rings. The standard InChI is InChI=1S/C25H26Cl2N6O2/c1-31(2)18-11-17(24(28)32(3)4)12-19(13-18)33(15-16-6-7-20(26)21(27)10-16)23(35)14-22(34)25-29-8-5-9-30-25/h5-13,28H,14-15H2,1-4H3. The molecule has 10 heteroatoms. The Labute approximate surface area is 214 Å². The molecule has 0 atom stereocenters. The zero-order valence-electron chi connectivity index (χ0n) is 19.9. The van der Waals surface area contributed by atoms with Crippen LogP contribution in [0, 0.1) is 5.41 Å². The van der Waals surface area contributed by atoms with Crippen LogP contribution in [-0.4, -0.2) is 60.6 Å². The second kappa shape index (κ2) is 11.3. The maximum Gasteiger partial charge on any atom is 0.235 e. The number of aromatic nitrogens is 2. The molecule has 1 aromatic heterocycles. The monoisotopic (exact) mass is 512 g/mol. The van der Waals surface area contributed by atoms with Crippen molar-refractivity contribution in [2.75, 3.05) is 38.0 Å². The molecule has 0 aliphatic heterocycles. The van der Waals surface area contributed by atoms with Crippen molar-refractivity contribution in [1.29, 1.82) is 5.41 Å². The molecule has 35 heavy (non-hydrogen) atoms. The van der Waals surface area contributed by atoms with Gasteiger partial charge in [0.1, 0.15) is 5.84 Å². The van der Waals surface area contributed by atoms with Crippen LogP contribution < -0.4 is 9.80 Å². The first kappa shape index (κ1) is 26.1. The highest BCUT2D eigenvalue weighted by molar-refractivity contribution is 6.42. The zero-order chi connectivity index (χ0) is 25.7. The molecule has 0 unspecified atom stereocenters. The Morgan fingerprint density at radius 3 is 2.17 bits per heavy atom. The van der Waals surface area contributed by atoms with E-state index in [1.807, 2.05) is 31.1 Å². The van der Waals surface area contributed by atoms with Crippen LogP contribution in [0.3, 0.4) is 0 Å². The number of Topliss-reactive ketones (excluding diaryl/α,β-unsaturated/α-hetero) is 1. The van der Waals surface area contributed by atoms with E-state index in [1.165, 1.54) is 17.3 Å². The summed E-state index contributed by atoms with van der Waals surface area (Å²) >= 11 is 12.3. The first-order valence-electron chi connectivity index (χ1n) is 10.7. The molecule has 1 amide bonds.